The number of primary amides is 1. The average molecular weight is 405 g/mol. The van der Waals surface area contributed by atoms with Gasteiger partial charge >= 0.3 is 17.6 Å². The van der Waals surface area contributed by atoms with Crippen LogP contribution in [-0.2, 0) is 16.0 Å². The van der Waals surface area contributed by atoms with Crippen LogP contribution < -0.4 is 26.7 Å². The fourth-order valence-corrected chi connectivity index (χ4v) is 2.89. The Morgan fingerprint density at radius 1 is 1.31 bits per heavy atom. The van der Waals surface area contributed by atoms with Crippen molar-refractivity contribution in [2.24, 2.45) is 5.73 Å². The van der Waals surface area contributed by atoms with Crippen molar-refractivity contribution in [3.63, 3.8) is 0 Å². The number of urea groups is 1. The Balaban J connectivity index is 2.12. The van der Waals surface area contributed by atoms with Gasteiger partial charge in [0.15, 0.2) is 0 Å². The molecule has 0 unspecified atom stereocenters. The number of carboxylic acids is 1. The molecule has 29 heavy (non-hydrogen) atoms. The number of fused-ring (bicyclic) bond motifs is 1. The summed E-state index contributed by atoms with van der Waals surface area (Å²) in [5.74, 6) is -1.31. The third-order valence-corrected chi connectivity index (χ3v) is 4.43. The van der Waals surface area contributed by atoms with Crippen molar-refractivity contribution in [3.05, 3.63) is 39.7 Å². The molecule has 1 atom stereocenters. The van der Waals surface area contributed by atoms with Crippen molar-refractivity contribution in [2.75, 3.05) is 13.7 Å². The summed E-state index contributed by atoms with van der Waals surface area (Å²) < 4.78 is 10.4. The molecule has 0 aliphatic heterocycles. The summed E-state index contributed by atoms with van der Waals surface area (Å²) in [4.78, 5) is 46.7. The number of aliphatic carboxylic acids is 1. The molecule has 0 saturated heterocycles. The lowest BCUT2D eigenvalue weighted by atomic mass is 10.0. The predicted octanol–water partition coefficient (Wildman–Crippen LogP) is 0.670. The summed E-state index contributed by atoms with van der Waals surface area (Å²) in [6, 6.07) is 3.14. The van der Waals surface area contributed by atoms with E-state index in [9.17, 15) is 24.3 Å². The van der Waals surface area contributed by atoms with Crippen LogP contribution in [0.25, 0.3) is 11.0 Å². The number of amides is 3. The van der Waals surface area contributed by atoms with Crippen molar-refractivity contribution < 1.29 is 28.6 Å². The van der Waals surface area contributed by atoms with E-state index in [0.29, 0.717) is 28.7 Å². The minimum atomic E-state index is -1.22. The number of carbonyl (C=O) groups excluding carboxylic acids is 2. The molecule has 156 valence electrons. The molecular formula is C19H23N3O7. The van der Waals surface area contributed by atoms with Gasteiger partial charge in [-0.1, -0.05) is 0 Å². The highest BCUT2D eigenvalue weighted by Crippen LogP contribution is 2.24. The van der Waals surface area contributed by atoms with Crippen molar-refractivity contribution in [1.82, 2.24) is 10.6 Å². The number of methoxy groups -OCH3 is 1. The number of carbonyl (C=O) groups is 3. The smallest absolute Gasteiger partial charge is 0.340 e. The van der Waals surface area contributed by atoms with E-state index in [2.05, 4.69) is 10.6 Å². The summed E-state index contributed by atoms with van der Waals surface area (Å²) >= 11 is 0. The molecule has 2 rings (SSSR count). The van der Waals surface area contributed by atoms with Crippen LogP contribution in [0.1, 0.15) is 24.0 Å². The molecule has 10 heteroatoms. The molecule has 0 aliphatic carbocycles. The number of ether oxygens (including phenoxy) is 1. The highest BCUT2D eigenvalue weighted by Gasteiger charge is 2.22. The normalized spacial score (nSPS) is 11.7. The third-order valence-electron chi connectivity index (χ3n) is 4.43. The van der Waals surface area contributed by atoms with Crippen molar-refractivity contribution in [3.8, 4) is 5.75 Å². The number of rotatable bonds is 9. The highest BCUT2D eigenvalue weighted by atomic mass is 16.5. The van der Waals surface area contributed by atoms with Crippen LogP contribution in [0.4, 0.5) is 4.79 Å². The van der Waals surface area contributed by atoms with Gasteiger partial charge in [0.1, 0.15) is 17.4 Å². The fraction of sp³-hybridized carbons (Fsp3) is 0.368. The van der Waals surface area contributed by atoms with E-state index < -0.39 is 29.6 Å². The first kappa shape index (κ1) is 21.7. The standard InChI is InChI=1S/C19H23N3O7/c1-10-12-6-5-11(28-2)8-15(12)29-18(26)13(10)9-16(23)22-14(17(24)25)4-3-7-21-19(20)27/h5-6,8,14H,3-4,7,9H2,1-2H3,(H,22,23)(H,24,25)(H3,20,21,27)/t14-/m1/s1. The molecule has 0 bridgehead atoms. The van der Waals surface area contributed by atoms with Gasteiger partial charge in [-0.05, 0) is 37.5 Å². The molecule has 3 amide bonds. The summed E-state index contributed by atoms with van der Waals surface area (Å²) in [7, 11) is 1.49. The molecule has 1 aromatic heterocycles. The van der Waals surface area contributed by atoms with Gasteiger partial charge in [-0.25, -0.2) is 14.4 Å². The Hall–Kier alpha value is -3.56. The van der Waals surface area contributed by atoms with Gasteiger partial charge in [-0.15, -0.1) is 0 Å². The van der Waals surface area contributed by atoms with Gasteiger partial charge in [-0.2, -0.15) is 0 Å². The average Bonchev–Trinajstić information content (AvgIpc) is 2.66. The van der Waals surface area contributed by atoms with Gasteiger partial charge in [0.2, 0.25) is 5.91 Å². The van der Waals surface area contributed by atoms with Crippen molar-refractivity contribution >= 4 is 28.9 Å². The van der Waals surface area contributed by atoms with Gasteiger partial charge in [0.05, 0.1) is 19.1 Å². The Kier molecular flexibility index (Phi) is 7.18. The van der Waals surface area contributed by atoms with E-state index in [1.807, 2.05) is 0 Å². The van der Waals surface area contributed by atoms with E-state index in [4.69, 9.17) is 14.9 Å². The maximum atomic E-state index is 12.3. The molecule has 0 aliphatic rings. The van der Waals surface area contributed by atoms with Crippen LogP contribution >= 0.6 is 0 Å². The summed E-state index contributed by atoms with van der Waals surface area (Å²) in [6.45, 7) is 1.88. The van der Waals surface area contributed by atoms with Crippen molar-refractivity contribution in [1.29, 1.82) is 0 Å². The molecule has 0 saturated carbocycles. The maximum Gasteiger partial charge on any atom is 0.340 e. The lowest BCUT2D eigenvalue weighted by Gasteiger charge is -2.15. The minimum Gasteiger partial charge on any atom is -0.497 e. The Morgan fingerprint density at radius 3 is 2.66 bits per heavy atom. The summed E-state index contributed by atoms with van der Waals surface area (Å²) in [5.41, 5.74) is 5.33. The van der Waals surface area contributed by atoms with Gasteiger partial charge in [0.25, 0.3) is 0 Å². The van der Waals surface area contributed by atoms with E-state index in [0.717, 1.165) is 0 Å². The van der Waals surface area contributed by atoms with Gasteiger partial charge in [0, 0.05) is 18.0 Å². The lowest BCUT2D eigenvalue weighted by Crippen LogP contribution is -2.42. The van der Waals surface area contributed by atoms with E-state index >= 15 is 0 Å². The second-order valence-corrected chi connectivity index (χ2v) is 6.42. The van der Waals surface area contributed by atoms with E-state index in [-0.39, 0.29) is 24.9 Å². The second kappa shape index (κ2) is 9.58. The monoisotopic (exact) mass is 405 g/mol. The minimum absolute atomic E-state index is 0.0897. The largest absolute Gasteiger partial charge is 0.497 e. The molecule has 0 spiro atoms. The first-order chi connectivity index (χ1) is 13.7. The molecule has 0 radical (unpaired) electrons. The Labute approximate surface area is 166 Å². The topological polar surface area (TPSA) is 161 Å². The zero-order valence-corrected chi connectivity index (χ0v) is 16.1. The molecule has 5 N–H and O–H groups in total. The number of aryl methyl sites for hydroxylation is 1. The number of carboxylic acid groups (broad SMARTS) is 1. The Morgan fingerprint density at radius 2 is 2.03 bits per heavy atom. The number of hydrogen-bond acceptors (Lipinski definition) is 6. The van der Waals surface area contributed by atoms with Crippen LogP contribution in [0.3, 0.4) is 0 Å². The number of hydrogen-bond donors (Lipinski definition) is 4. The number of nitrogens with one attached hydrogen (secondary N) is 2. The molecule has 0 fully saturated rings. The lowest BCUT2D eigenvalue weighted by molar-refractivity contribution is -0.141. The quantitative estimate of drug-likeness (QED) is 0.352. The van der Waals surface area contributed by atoms with E-state index in [1.54, 1.807) is 25.1 Å². The van der Waals surface area contributed by atoms with Crippen LogP contribution in [0.15, 0.2) is 27.4 Å². The van der Waals surface area contributed by atoms with Crippen LogP contribution in [0.2, 0.25) is 0 Å². The van der Waals surface area contributed by atoms with Crippen LogP contribution in [0.5, 0.6) is 5.75 Å². The molecule has 1 aromatic carbocycles. The van der Waals surface area contributed by atoms with Crippen molar-refractivity contribution in [2.45, 2.75) is 32.2 Å². The molecular weight excluding hydrogens is 382 g/mol. The first-order valence-corrected chi connectivity index (χ1v) is 8.88. The second-order valence-electron chi connectivity index (χ2n) is 6.42. The molecule has 10 nitrogen and oxygen atoms in total. The van der Waals surface area contributed by atoms with Gasteiger partial charge in [-0.3, -0.25) is 4.79 Å². The number of benzene rings is 1. The summed E-state index contributed by atoms with van der Waals surface area (Å²) in [6.07, 6.45) is 0.0745. The zero-order chi connectivity index (χ0) is 21.6. The Bertz CT molecular complexity index is 984. The zero-order valence-electron chi connectivity index (χ0n) is 16.1. The fourth-order valence-electron chi connectivity index (χ4n) is 2.89. The van der Waals surface area contributed by atoms with Gasteiger partial charge < -0.3 is 30.6 Å². The maximum absolute atomic E-state index is 12.3. The SMILES string of the molecule is COc1ccc2c(C)c(CC(=O)N[C@H](CCCNC(N)=O)C(=O)O)c(=O)oc2c1. The number of nitrogens with two attached hydrogens (primary N) is 1. The molecule has 1 heterocycles. The van der Waals surface area contributed by atoms with Crippen LogP contribution in [-0.4, -0.2) is 42.7 Å². The first-order valence-electron chi connectivity index (χ1n) is 8.88. The van der Waals surface area contributed by atoms with E-state index in [1.165, 1.54) is 7.11 Å². The highest BCUT2D eigenvalue weighted by molar-refractivity contribution is 5.87. The predicted molar refractivity (Wildman–Crippen MR) is 104 cm³/mol. The van der Waals surface area contributed by atoms with Crippen LogP contribution in [0, 0.1) is 6.92 Å². The summed E-state index contributed by atoms with van der Waals surface area (Å²) in [5, 5.41) is 14.7. The third kappa shape index (κ3) is 5.71. The molecule has 2 aromatic rings.